The highest BCUT2D eigenvalue weighted by Gasteiger charge is 2.43. The van der Waals surface area contributed by atoms with E-state index in [1.54, 1.807) is 12.5 Å². The maximum atomic E-state index is 12.7. The van der Waals surface area contributed by atoms with Gasteiger partial charge in [-0.3, -0.25) is 0 Å². The van der Waals surface area contributed by atoms with Gasteiger partial charge >= 0.3 is 12.2 Å². The average molecular weight is 654 g/mol. The van der Waals surface area contributed by atoms with Crippen LogP contribution in [0.5, 0.6) is 0 Å². The van der Waals surface area contributed by atoms with Crippen LogP contribution in [0.1, 0.15) is 101 Å². The number of carbonyl (C=O) groups excluding carboxylic acids is 2. The zero-order valence-corrected chi connectivity index (χ0v) is 30.0. The second-order valence-corrected chi connectivity index (χ2v) is 15.3. The predicted octanol–water partition coefficient (Wildman–Crippen LogP) is 5.85. The van der Waals surface area contributed by atoms with Gasteiger partial charge in [0.05, 0.1) is 13.2 Å². The van der Waals surface area contributed by atoms with E-state index in [1.807, 2.05) is 27.7 Å². The number of hydrogen-bond donors (Lipinski definition) is 2. The molecule has 2 rings (SSSR count). The molecule has 0 aromatic heterocycles. The minimum Gasteiger partial charge on any atom is -0.441 e. The van der Waals surface area contributed by atoms with E-state index in [1.165, 1.54) is 12.2 Å². The number of hydroxylamine groups is 2. The van der Waals surface area contributed by atoms with Crippen molar-refractivity contribution in [3.63, 3.8) is 0 Å². The molecule has 13 heteroatoms. The number of alkyl carbamates (subject to hydrolysis) is 1. The second kappa shape index (κ2) is 18.4. The third-order valence-corrected chi connectivity index (χ3v) is 7.87. The van der Waals surface area contributed by atoms with E-state index >= 15 is 0 Å². The summed E-state index contributed by atoms with van der Waals surface area (Å²) in [5, 5.41) is 25.1. The van der Waals surface area contributed by atoms with Gasteiger partial charge in [-0.2, -0.15) is 10.5 Å². The molecule has 264 valence electrons. The number of nitrogens with one attached hydrogen (secondary N) is 2. The van der Waals surface area contributed by atoms with E-state index in [0.29, 0.717) is 32.4 Å². The highest BCUT2D eigenvalue weighted by Crippen LogP contribution is 2.46. The van der Waals surface area contributed by atoms with Crippen molar-refractivity contribution in [2.24, 2.45) is 21.7 Å². The van der Waals surface area contributed by atoms with Crippen LogP contribution >= 0.6 is 0 Å². The first-order valence-corrected chi connectivity index (χ1v) is 16.2. The molecule has 0 aromatic carbocycles. The molecule has 0 bridgehead atoms. The third-order valence-electron chi connectivity index (χ3n) is 7.87. The molecule has 2 N–H and O–H groups in total. The molecule has 0 spiro atoms. The van der Waals surface area contributed by atoms with Crippen LogP contribution in [0.15, 0.2) is 0 Å². The standard InChI is InChI=1S/C31H53N5O8.C2H6/c1-28(2,3)10-22(40-19-32)12-30(6,7)17-34-26(37)43-25(15-39-9)24-14-36(21-42-24)44-27(38)35-18-31(8)13-23(41-20-33)11-29(4,5)16-31;1-2/h22-25H,10-18,21H2,1-9H3,(H,34,37)(H,35,38);1-2H3/t22?,23?,24-,25?,31?;/m0./s1. The number of amides is 2. The molecule has 5 atom stereocenters. The Bertz CT molecular complexity index is 1030. The quantitative estimate of drug-likeness (QED) is 0.216. The zero-order chi connectivity index (χ0) is 35.2. The molecular weight excluding hydrogens is 594 g/mol. The van der Waals surface area contributed by atoms with Gasteiger partial charge in [-0.1, -0.05) is 69.2 Å². The SMILES string of the molecule is CC.COCC(OC(=O)NCC(C)(C)CC(CC(C)(C)C)OC#N)[C@@H]1CN(OC(=O)NCC2(C)CC(OC#N)CC(C)(C)C2)CO1. The topological polar surface area (TPSA) is 164 Å². The Morgan fingerprint density at radius 1 is 1.02 bits per heavy atom. The smallest absolute Gasteiger partial charge is 0.426 e. The molecule has 0 aromatic rings. The molecule has 13 nitrogen and oxygen atoms in total. The lowest BCUT2D eigenvalue weighted by atomic mass is 9.63. The van der Waals surface area contributed by atoms with E-state index < -0.39 is 24.4 Å². The van der Waals surface area contributed by atoms with Crippen molar-refractivity contribution < 1.29 is 38.1 Å². The van der Waals surface area contributed by atoms with Crippen LogP contribution in [0, 0.1) is 44.7 Å². The number of nitriles is 2. The van der Waals surface area contributed by atoms with Gasteiger partial charge in [0.25, 0.3) is 12.5 Å². The Morgan fingerprint density at radius 3 is 2.28 bits per heavy atom. The summed E-state index contributed by atoms with van der Waals surface area (Å²) in [5.74, 6) is 0. The van der Waals surface area contributed by atoms with Crippen LogP contribution in [-0.2, 0) is 28.5 Å². The molecule has 2 aliphatic rings. The van der Waals surface area contributed by atoms with Crippen molar-refractivity contribution in [2.75, 3.05) is 40.1 Å². The number of rotatable bonds is 14. The van der Waals surface area contributed by atoms with E-state index in [4.69, 9.17) is 39.0 Å². The molecule has 1 heterocycles. The van der Waals surface area contributed by atoms with Crippen LogP contribution in [0.25, 0.3) is 0 Å². The summed E-state index contributed by atoms with van der Waals surface area (Å²) < 4.78 is 27.2. The first-order chi connectivity index (χ1) is 21.4. The van der Waals surface area contributed by atoms with Crippen molar-refractivity contribution in [3.8, 4) is 12.5 Å². The molecule has 0 radical (unpaired) electrons. The van der Waals surface area contributed by atoms with E-state index in [2.05, 4.69) is 52.2 Å². The number of ether oxygens (including phenoxy) is 5. The van der Waals surface area contributed by atoms with Crippen LogP contribution in [-0.4, -0.2) is 81.7 Å². The van der Waals surface area contributed by atoms with Gasteiger partial charge < -0.3 is 39.2 Å². The predicted molar refractivity (Wildman–Crippen MR) is 172 cm³/mol. The Kier molecular flexibility index (Phi) is 16.4. The fraction of sp³-hybridized carbons (Fsp3) is 0.879. The van der Waals surface area contributed by atoms with Crippen molar-refractivity contribution >= 4 is 12.2 Å². The number of nitrogens with zero attached hydrogens (tertiary/aromatic N) is 3. The average Bonchev–Trinajstić information content (AvgIpc) is 3.38. The van der Waals surface area contributed by atoms with E-state index in [0.717, 1.165) is 12.8 Å². The Morgan fingerprint density at radius 2 is 1.70 bits per heavy atom. The second-order valence-electron chi connectivity index (χ2n) is 15.3. The number of hydrogen-bond acceptors (Lipinski definition) is 11. The van der Waals surface area contributed by atoms with Gasteiger partial charge in [0.15, 0.2) is 6.10 Å². The zero-order valence-electron chi connectivity index (χ0n) is 30.0. The summed E-state index contributed by atoms with van der Waals surface area (Å²) in [6.07, 6.45) is 4.15. The Balaban J connectivity index is 0.00000518. The summed E-state index contributed by atoms with van der Waals surface area (Å²) in [5.41, 5.74) is -0.672. The first-order valence-electron chi connectivity index (χ1n) is 16.2. The summed E-state index contributed by atoms with van der Waals surface area (Å²) in [6.45, 7) is 21.5. The van der Waals surface area contributed by atoms with E-state index in [-0.39, 0.29) is 53.8 Å². The first kappa shape index (κ1) is 41.0. The van der Waals surface area contributed by atoms with Crippen LogP contribution in [0.3, 0.4) is 0 Å². The lowest BCUT2D eigenvalue weighted by Crippen LogP contribution is -2.46. The Hall–Kier alpha value is -3.00. The normalized spacial score (nSPS) is 24.1. The summed E-state index contributed by atoms with van der Waals surface area (Å²) in [4.78, 5) is 30.9. The molecule has 1 saturated heterocycles. The molecule has 4 unspecified atom stereocenters. The summed E-state index contributed by atoms with van der Waals surface area (Å²) in [6, 6.07) is 0. The van der Waals surface area contributed by atoms with Crippen molar-refractivity contribution in [3.05, 3.63) is 0 Å². The molecule has 2 fully saturated rings. The summed E-state index contributed by atoms with van der Waals surface area (Å²) >= 11 is 0. The lowest BCUT2D eigenvalue weighted by Gasteiger charge is -2.45. The monoisotopic (exact) mass is 653 g/mol. The minimum absolute atomic E-state index is 0.00670. The van der Waals surface area contributed by atoms with Gasteiger partial charge in [-0.25, -0.2) is 9.59 Å². The summed E-state index contributed by atoms with van der Waals surface area (Å²) in [7, 11) is 1.50. The van der Waals surface area contributed by atoms with Crippen LogP contribution in [0.4, 0.5) is 9.59 Å². The van der Waals surface area contributed by atoms with Gasteiger partial charge in [0.1, 0.15) is 25.0 Å². The Labute approximate surface area is 276 Å². The molecule has 1 aliphatic heterocycles. The minimum atomic E-state index is -0.740. The fourth-order valence-corrected chi connectivity index (χ4v) is 6.51. The molecule has 46 heavy (non-hydrogen) atoms. The van der Waals surface area contributed by atoms with Crippen molar-refractivity contribution in [2.45, 2.75) is 126 Å². The van der Waals surface area contributed by atoms with Gasteiger partial charge in [-0.05, 0) is 53.8 Å². The van der Waals surface area contributed by atoms with Gasteiger partial charge in [0.2, 0.25) is 0 Å². The van der Waals surface area contributed by atoms with Crippen molar-refractivity contribution in [1.82, 2.24) is 15.7 Å². The number of methoxy groups -OCH3 is 1. The van der Waals surface area contributed by atoms with Crippen LogP contribution < -0.4 is 10.6 Å². The largest absolute Gasteiger partial charge is 0.441 e. The number of carbonyl (C=O) groups is 2. The highest BCUT2D eigenvalue weighted by atomic mass is 16.8. The van der Waals surface area contributed by atoms with Gasteiger partial charge in [-0.15, -0.1) is 5.06 Å². The lowest BCUT2D eigenvalue weighted by molar-refractivity contribution is -0.109. The maximum absolute atomic E-state index is 12.7. The third kappa shape index (κ3) is 15.5. The molecular formula is C33H59N5O8. The van der Waals surface area contributed by atoms with Crippen LogP contribution in [0.2, 0.25) is 0 Å². The van der Waals surface area contributed by atoms with Crippen molar-refractivity contribution in [1.29, 1.82) is 10.5 Å². The molecule has 1 aliphatic carbocycles. The molecule has 1 saturated carbocycles. The molecule has 2 amide bonds. The highest BCUT2D eigenvalue weighted by molar-refractivity contribution is 5.67. The fourth-order valence-electron chi connectivity index (χ4n) is 6.51. The maximum Gasteiger partial charge on any atom is 0.426 e. The van der Waals surface area contributed by atoms with Gasteiger partial charge in [0, 0.05) is 20.2 Å². The van der Waals surface area contributed by atoms with E-state index in [9.17, 15) is 9.59 Å².